The standard InChI is InChI=1S/C13H9BrClNO3/c1-8-2-4-10(15)7-13(8)19-12-5-3-9(14)6-11(12)16(17)18/h2-7H,1H3. The Kier molecular flexibility index (Phi) is 4.07. The summed E-state index contributed by atoms with van der Waals surface area (Å²) in [7, 11) is 0. The summed E-state index contributed by atoms with van der Waals surface area (Å²) in [6.07, 6.45) is 0. The fraction of sp³-hybridized carbons (Fsp3) is 0.0769. The van der Waals surface area contributed by atoms with Crippen molar-refractivity contribution < 1.29 is 9.66 Å². The van der Waals surface area contributed by atoms with E-state index in [0.717, 1.165) is 5.56 Å². The molecular weight excluding hydrogens is 334 g/mol. The lowest BCUT2D eigenvalue weighted by Crippen LogP contribution is -1.94. The van der Waals surface area contributed by atoms with Gasteiger partial charge in [0, 0.05) is 15.6 Å². The Morgan fingerprint density at radius 3 is 2.63 bits per heavy atom. The van der Waals surface area contributed by atoms with E-state index < -0.39 is 4.92 Å². The van der Waals surface area contributed by atoms with Gasteiger partial charge in [0.05, 0.1) is 4.92 Å². The summed E-state index contributed by atoms with van der Waals surface area (Å²) in [6.45, 7) is 1.84. The van der Waals surface area contributed by atoms with E-state index >= 15 is 0 Å². The first-order chi connectivity index (χ1) is 8.97. The van der Waals surface area contributed by atoms with Crippen LogP contribution >= 0.6 is 27.5 Å². The lowest BCUT2D eigenvalue weighted by atomic mass is 10.2. The molecule has 0 unspecified atom stereocenters. The topological polar surface area (TPSA) is 52.4 Å². The Labute approximate surface area is 123 Å². The highest BCUT2D eigenvalue weighted by atomic mass is 79.9. The molecule has 0 aliphatic rings. The fourth-order valence-corrected chi connectivity index (χ4v) is 2.03. The quantitative estimate of drug-likeness (QED) is 0.575. The van der Waals surface area contributed by atoms with Gasteiger partial charge in [0.25, 0.3) is 0 Å². The number of hydrogen-bond acceptors (Lipinski definition) is 3. The molecule has 0 aliphatic heterocycles. The van der Waals surface area contributed by atoms with Crippen LogP contribution < -0.4 is 4.74 Å². The average Bonchev–Trinajstić information content (AvgIpc) is 2.35. The first kappa shape index (κ1) is 13.8. The average molecular weight is 343 g/mol. The number of rotatable bonds is 3. The van der Waals surface area contributed by atoms with Crippen molar-refractivity contribution in [1.29, 1.82) is 0 Å². The highest BCUT2D eigenvalue weighted by Crippen LogP contribution is 2.35. The number of nitrogens with zero attached hydrogens (tertiary/aromatic N) is 1. The number of ether oxygens (including phenoxy) is 1. The Balaban J connectivity index is 2.43. The molecule has 0 aliphatic carbocycles. The lowest BCUT2D eigenvalue weighted by molar-refractivity contribution is -0.385. The van der Waals surface area contributed by atoms with Gasteiger partial charge in [0.2, 0.25) is 5.75 Å². The summed E-state index contributed by atoms with van der Waals surface area (Å²) in [5.74, 6) is 0.677. The van der Waals surface area contributed by atoms with Gasteiger partial charge in [-0.25, -0.2) is 0 Å². The van der Waals surface area contributed by atoms with E-state index in [9.17, 15) is 10.1 Å². The molecule has 2 aromatic rings. The van der Waals surface area contributed by atoms with Crippen molar-refractivity contribution in [2.75, 3.05) is 0 Å². The number of halogens is 2. The zero-order chi connectivity index (χ0) is 14.0. The molecule has 98 valence electrons. The maximum atomic E-state index is 11.0. The highest BCUT2D eigenvalue weighted by Gasteiger charge is 2.17. The zero-order valence-electron chi connectivity index (χ0n) is 9.89. The van der Waals surface area contributed by atoms with Gasteiger partial charge in [0.1, 0.15) is 5.75 Å². The van der Waals surface area contributed by atoms with Crippen LogP contribution in [0.2, 0.25) is 5.02 Å². The minimum atomic E-state index is -0.486. The molecule has 0 fully saturated rings. The molecule has 0 heterocycles. The molecule has 0 amide bonds. The van der Waals surface area contributed by atoms with Crippen LogP contribution in [0, 0.1) is 17.0 Å². The van der Waals surface area contributed by atoms with Gasteiger partial charge >= 0.3 is 5.69 Å². The molecule has 0 spiro atoms. The van der Waals surface area contributed by atoms with Gasteiger partial charge < -0.3 is 4.74 Å². The second-order valence-corrected chi connectivity index (χ2v) is 5.23. The Morgan fingerprint density at radius 1 is 1.21 bits per heavy atom. The minimum Gasteiger partial charge on any atom is -0.450 e. The monoisotopic (exact) mass is 341 g/mol. The van der Waals surface area contributed by atoms with Gasteiger partial charge in [-0.05, 0) is 36.8 Å². The Bertz CT molecular complexity index is 646. The molecular formula is C13H9BrClNO3. The fourth-order valence-electron chi connectivity index (χ4n) is 1.52. The van der Waals surface area contributed by atoms with Crippen LogP contribution in [0.1, 0.15) is 5.56 Å². The normalized spacial score (nSPS) is 10.3. The molecule has 0 radical (unpaired) electrons. The van der Waals surface area contributed by atoms with Crippen molar-refractivity contribution in [3.05, 3.63) is 61.6 Å². The highest BCUT2D eigenvalue weighted by molar-refractivity contribution is 9.10. The second-order valence-electron chi connectivity index (χ2n) is 3.88. The summed E-state index contributed by atoms with van der Waals surface area (Å²) in [5, 5.41) is 11.5. The third-order valence-corrected chi connectivity index (χ3v) is 3.22. The Morgan fingerprint density at radius 2 is 1.95 bits per heavy atom. The second kappa shape index (κ2) is 5.59. The van der Waals surface area contributed by atoms with Crippen LogP contribution in [-0.2, 0) is 0 Å². The molecule has 0 atom stereocenters. The van der Waals surface area contributed by atoms with Crippen molar-refractivity contribution in [3.8, 4) is 11.5 Å². The molecule has 0 aromatic heterocycles. The van der Waals surface area contributed by atoms with Gasteiger partial charge in [-0.15, -0.1) is 0 Å². The van der Waals surface area contributed by atoms with Crippen LogP contribution in [-0.4, -0.2) is 4.92 Å². The number of benzene rings is 2. The van der Waals surface area contributed by atoms with Crippen molar-refractivity contribution in [2.24, 2.45) is 0 Å². The van der Waals surface area contributed by atoms with E-state index in [1.807, 2.05) is 6.92 Å². The summed E-state index contributed by atoms with van der Waals surface area (Å²) >= 11 is 9.08. The minimum absolute atomic E-state index is 0.103. The van der Waals surface area contributed by atoms with Gasteiger partial charge in [-0.3, -0.25) is 10.1 Å². The van der Waals surface area contributed by atoms with Crippen molar-refractivity contribution in [2.45, 2.75) is 6.92 Å². The third kappa shape index (κ3) is 3.24. The van der Waals surface area contributed by atoms with E-state index in [-0.39, 0.29) is 11.4 Å². The van der Waals surface area contributed by atoms with Gasteiger partial charge in [0.15, 0.2) is 0 Å². The van der Waals surface area contributed by atoms with Crippen molar-refractivity contribution in [1.82, 2.24) is 0 Å². The summed E-state index contributed by atoms with van der Waals surface area (Å²) < 4.78 is 6.21. The van der Waals surface area contributed by atoms with Crippen molar-refractivity contribution in [3.63, 3.8) is 0 Å². The molecule has 0 saturated carbocycles. The van der Waals surface area contributed by atoms with Gasteiger partial charge in [-0.2, -0.15) is 0 Å². The predicted molar refractivity (Wildman–Crippen MR) is 77.1 cm³/mol. The van der Waals surface area contributed by atoms with Crippen LogP contribution in [0.3, 0.4) is 0 Å². The smallest absolute Gasteiger partial charge is 0.312 e. The summed E-state index contributed by atoms with van der Waals surface area (Å²) in [6, 6.07) is 9.78. The number of aryl methyl sites for hydroxylation is 1. The van der Waals surface area contributed by atoms with E-state index in [1.54, 1.807) is 30.3 Å². The van der Waals surface area contributed by atoms with E-state index in [4.69, 9.17) is 16.3 Å². The summed E-state index contributed by atoms with van der Waals surface area (Å²) in [5.41, 5.74) is 0.746. The third-order valence-electron chi connectivity index (χ3n) is 2.49. The molecule has 4 nitrogen and oxygen atoms in total. The maximum Gasteiger partial charge on any atom is 0.312 e. The number of hydrogen-bond donors (Lipinski definition) is 0. The molecule has 0 bridgehead atoms. The zero-order valence-corrected chi connectivity index (χ0v) is 12.2. The number of nitro groups is 1. The molecule has 2 rings (SSSR count). The molecule has 2 aromatic carbocycles. The molecule has 0 saturated heterocycles. The van der Waals surface area contributed by atoms with E-state index in [0.29, 0.717) is 15.2 Å². The van der Waals surface area contributed by atoms with Crippen LogP contribution in [0.5, 0.6) is 11.5 Å². The molecule has 0 N–H and O–H groups in total. The number of nitro benzene ring substituents is 1. The molecule has 19 heavy (non-hydrogen) atoms. The van der Waals surface area contributed by atoms with Crippen molar-refractivity contribution >= 4 is 33.2 Å². The van der Waals surface area contributed by atoms with E-state index in [1.165, 1.54) is 6.07 Å². The first-order valence-electron chi connectivity index (χ1n) is 5.35. The van der Waals surface area contributed by atoms with E-state index in [2.05, 4.69) is 15.9 Å². The van der Waals surface area contributed by atoms with Crippen LogP contribution in [0.15, 0.2) is 40.9 Å². The van der Waals surface area contributed by atoms with Crippen LogP contribution in [0.25, 0.3) is 0 Å². The lowest BCUT2D eigenvalue weighted by Gasteiger charge is -2.09. The largest absolute Gasteiger partial charge is 0.450 e. The van der Waals surface area contributed by atoms with Crippen LogP contribution in [0.4, 0.5) is 5.69 Å². The Hall–Kier alpha value is -1.59. The van der Waals surface area contributed by atoms with Gasteiger partial charge in [-0.1, -0.05) is 33.6 Å². The molecule has 6 heteroatoms. The SMILES string of the molecule is Cc1ccc(Cl)cc1Oc1ccc(Br)cc1[N+](=O)[O-]. The predicted octanol–water partition coefficient (Wildman–Crippen LogP) is 5.11. The summed E-state index contributed by atoms with van der Waals surface area (Å²) in [4.78, 5) is 10.5. The first-order valence-corrected chi connectivity index (χ1v) is 6.52. The maximum absolute atomic E-state index is 11.0.